The first-order valence-corrected chi connectivity index (χ1v) is 17.3. The van der Waals surface area contributed by atoms with Crippen molar-refractivity contribution in [2.75, 3.05) is 4.90 Å². The molecule has 0 aliphatic heterocycles. The van der Waals surface area contributed by atoms with Crippen LogP contribution in [0, 0.1) is 0 Å². The Morgan fingerprint density at radius 3 is 1.71 bits per heavy atom. The fraction of sp³-hybridized carbons (Fsp3) is 0. The molecule has 0 saturated heterocycles. The van der Waals surface area contributed by atoms with Gasteiger partial charge in [0.05, 0.1) is 11.1 Å². The predicted molar refractivity (Wildman–Crippen MR) is 212 cm³/mol. The van der Waals surface area contributed by atoms with Gasteiger partial charge in [0.1, 0.15) is 22.3 Å². The number of hydrogen-bond acceptors (Lipinski definition) is 3. The third kappa shape index (κ3) is 4.98. The fourth-order valence-corrected chi connectivity index (χ4v) is 7.43. The Labute approximate surface area is 295 Å². The highest BCUT2D eigenvalue weighted by atomic mass is 16.3. The number of anilines is 3. The van der Waals surface area contributed by atoms with E-state index in [1.165, 1.54) is 11.1 Å². The maximum absolute atomic E-state index is 6.77. The van der Waals surface area contributed by atoms with Crippen molar-refractivity contribution in [3.05, 3.63) is 188 Å². The Morgan fingerprint density at radius 1 is 0.333 bits per heavy atom. The normalized spacial score (nSPS) is 11.5. The van der Waals surface area contributed by atoms with Crippen LogP contribution in [0.25, 0.3) is 77.3 Å². The summed E-state index contributed by atoms with van der Waals surface area (Å²) in [6.07, 6.45) is 0. The van der Waals surface area contributed by atoms with Gasteiger partial charge in [-0.15, -0.1) is 0 Å². The van der Waals surface area contributed by atoms with E-state index in [1.54, 1.807) is 0 Å². The molecule has 0 atom stereocenters. The summed E-state index contributed by atoms with van der Waals surface area (Å²) in [6.45, 7) is 0. The topological polar surface area (TPSA) is 29.5 Å². The van der Waals surface area contributed by atoms with Gasteiger partial charge in [-0.2, -0.15) is 0 Å². The maximum atomic E-state index is 6.77. The average Bonchev–Trinajstić information content (AvgIpc) is 3.78. The van der Waals surface area contributed by atoms with Crippen LogP contribution in [-0.4, -0.2) is 0 Å². The first-order chi connectivity index (χ1) is 25.3. The van der Waals surface area contributed by atoms with Crippen LogP contribution in [-0.2, 0) is 0 Å². The molecule has 0 aliphatic rings. The predicted octanol–water partition coefficient (Wildman–Crippen LogP) is 14.0. The van der Waals surface area contributed by atoms with E-state index in [0.717, 1.165) is 83.2 Å². The Balaban J connectivity index is 1.13. The van der Waals surface area contributed by atoms with Crippen LogP contribution in [0.1, 0.15) is 0 Å². The number of benzene rings is 8. The van der Waals surface area contributed by atoms with Crippen molar-refractivity contribution in [1.82, 2.24) is 0 Å². The van der Waals surface area contributed by atoms with Crippen LogP contribution in [0.5, 0.6) is 0 Å². The van der Waals surface area contributed by atoms with E-state index in [-0.39, 0.29) is 0 Å². The highest BCUT2D eigenvalue weighted by Gasteiger charge is 2.22. The summed E-state index contributed by atoms with van der Waals surface area (Å²) in [5.74, 6) is 0. The second kappa shape index (κ2) is 11.9. The Bertz CT molecular complexity index is 2850. The Morgan fingerprint density at radius 2 is 0.902 bits per heavy atom. The SMILES string of the molecule is c1ccc(-c2ccc(N(c3ccccc3)c3ccc(-c4cccc(-c5ccc6c(c5)oc5ccccc56)c4)c4oc5ccccc5c34)cc2)cc1. The Hall–Kier alpha value is -6.84. The van der Waals surface area contributed by atoms with Crippen molar-refractivity contribution in [3.8, 4) is 33.4 Å². The lowest BCUT2D eigenvalue weighted by Gasteiger charge is -2.27. The van der Waals surface area contributed by atoms with Crippen LogP contribution in [0.15, 0.2) is 197 Å². The number of nitrogens with zero attached hydrogens (tertiary/aromatic N) is 1. The standard InChI is InChI=1S/C48H31NO2/c1-3-12-32(13-4-1)33-22-25-38(26-23-33)49(37-16-5-2-6-17-37)43-29-28-39(48-47(43)42-19-8-10-21-45(42)51-48)36-15-11-14-34(30-36)35-24-27-41-40-18-7-9-20-44(40)50-46(41)31-35/h1-31H. The molecule has 0 radical (unpaired) electrons. The van der Waals surface area contributed by atoms with Crippen molar-refractivity contribution in [3.63, 3.8) is 0 Å². The van der Waals surface area contributed by atoms with Crippen molar-refractivity contribution in [1.29, 1.82) is 0 Å². The third-order valence-corrected chi connectivity index (χ3v) is 9.88. The molecule has 0 bridgehead atoms. The minimum Gasteiger partial charge on any atom is -0.456 e. The zero-order valence-corrected chi connectivity index (χ0v) is 27.7. The number of furan rings is 2. The largest absolute Gasteiger partial charge is 0.456 e. The summed E-state index contributed by atoms with van der Waals surface area (Å²) in [7, 11) is 0. The molecule has 0 N–H and O–H groups in total. The van der Waals surface area contributed by atoms with Crippen molar-refractivity contribution < 1.29 is 8.83 Å². The molecular weight excluding hydrogens is 623 g/mol. The third-order valence-electron chi connectivity index (χ3n) is 9.88. The summed E-state index contributed by atoms with van der Waals surface area (Å²) in [6, 6.07) is 66.1. The number of rotatable bonds is 6. The molecule has 2 heterocycles. The molecule has 0 unspecified atom stereocenters. The van der Waals surface area contributed by atoms with Crippen LogP contribution < -0.4 is 4.90 Å². The zero-order chi connectivity index (χ0) is 33.7. The lowest BCUT2D eigenvalue weighted by Crippen LogP contribution is -2.10. The highest BCUT2D eigenvalue weighted by Crippen LogP contribution is 2.46. The molecule has 2 aromatic heterocycles. The summed E-state index contributed by atoms with van der Waals surface area (Å²) in [4.78, 5) is 2.34. The first-order valence-electron chi connectivity index (χ1n) is 17.3. The van der Waals surface area contributed by atoms with Crippen molar-refractivity contribution in [2.45, 2.75) is 0 Å². The second-order valence-corrected chi connectivity index (χ2v) is 12.9. The molecular formula is C48H31NO2. The molecule has 51 heavy (non-hydrogen) atoms. The van der Waals surface area contributed by atoms with Crippen LogP contribution >= 0.6 is 0 Å². The van der Waals surface area contributed by atoms with Crippen molar-refractivity contribution in [2.24, 2.45) is 0 Å². The Kier molecular flexibility index (Phi) is 6.81. The van der Waals surface area contributed by atoms with Crippen LogP contribution in [0.2, 0.25) is 0 Å². The molecule has 10 rings (SSSR count). The van der Waals surface area contributed by atoms with E-state index in [0.29, 0.717) is 0 Å². The summed E-state index contributed by atoms with van der Waals surface area (Å²) >= 11 is 0. The quantitative estimate of drug-likeness (QED) is 0.179. The van der Waals surface area contributed by atoms with Gasteiger partial charge >= 0.3 is 0 Å². The molecule has 3 heteroatoms. The summed E-state index contributed by atoms with van der Waals surface area (Å²) in [5, 5.41) is 4.42. The van der Waals surface area contributed by atoms with Gasteiger partial charge in [-0.05, 0) is 94.5 Å². The molecule has 10 aromatic rings. The molecule has 0 aliphatic carbocycles. The molecule has 240 valence electrons. The van der Waals surface area contributed by atoms with E-state index in [2.05, 4.69) is 175 Å². The monoisotopic (exact) mass is 653 g/mol. The number of fused-ring (bicyclic) bond motifs is 6. The number of para-hydroxylation sites is 3. The fourth-order valence-electron chi connectivity index (χ4n) is 7.43. The average molecular weight is 654 g/mol. The van der Waals surface area contributed by atoms with Gasteiger partial charge in [0, 0.05) is 33.1 Å². The van der Waals surface area contributed by atoms with Crippen molar-refractivity contribution >= 4 is 60.9 Å². The van der Waals surface area contributed by atoms with Gasteiger partial charge in [-0.3, -0.25) is 0 Å². The highest BCUT2D eigenvalue weighted by molar-refractivity contribution is 6.17. The van der Waals surface area contributed by atoms with Gasteiger partial charge in [0.15, 0.2) is 0 Å². The van der Waals surface area contributed by atoms with E-state index in [1.807, 2.05) is 18.2 Å². The smallest absolute Gasteiger partial charge is 0.145 e. The lowest BCUT2D eigenvalue weighted by molar-refractivity contribution is 0.669. The minimum atomic E-state index is 0.861. The van der Waals surface area contributed by atoms with E-state index in [4.69, 9.17) is 8.83 Å². The first kappa shape index (κ1) is 29.1. The summed E-state index contributed by atoms with van der Waals surface area (Å²) < 4.78 is 13.0. The molecule has 8 aromatic carbocycles. The molecule has 3 nitrogen and oxygen atoms in total. The number of hydrogen-bond donors (Lipinski definition) is 0. The van der Waals surface area contributed by atoms with Gasteiger partial charge < -0.3 is 13.7 Å². The zero-order valence-electron chi connectivity index (χ0n) is 27.7. The van der Waals surface area contributed by atoms with Gasteiger partial charge in [0.25, 0.3) is 0 Å². The maximum Gasteiger partial charge on any atom is 0.145 e. The summed E-state index contributed by atoms with van der Waals surface area (Å²) in [5.41, 5.74) is 13.5. The second-order valence-electron chi connectivity index (χ2n) is 12.9. The van der Waals surface area contributed by atoms with Gasteiger partial charge in [0.2, 0.25) is 0 Å². The molecule has 0 spiro atoms. The van der Waals surface area contributed by atoms with E-state index in [9.17, 15) is 0 Å². The van der Waals surface area contributed by atoms with Crippen LogP contribution in [0.3, 0.4) is 0 Å². The van der Waals surface area contributed by atoms with Gasteiger partial charge in [-0.25, -0.2) is 0 Å². The molecule has 0 amide bonds. The van der Waals surface area contributed by atoms with E-state index < -0.39 is 0 Å². The molecule has 0 fully saturated rings. The van der Waals surface area contributed by atoms with Gasteiger partial charge in [-0.1, -0.05) is 121 Å². The minimum absolute atomic E-state index is 0.861. The molecule has 0 saturated carbocycles. The lowest BCUT2D eigenvalue weighted by atomic mass is 9.96. The van der Waals surface area contributed by atoms with E-state index >= 15 is 0 Å². The van der Waals surface area contributed by atoms with Crippen LogP contribution in [0.4, 0.5) is 17.1 Å².